The van der Waals surface area contributed by atoms with Crippen LogP contribution in [-0.2, 0) is 4.79 Å². The molecule has 1 N–H and O–H groups in total. The minimum Gasteiger partial charge on any atom is -0.349 e. The van der Waals surface area contributed by atoms with Gasteiger partial charge in [-0.3, -0.25) is 4.79 Å². The van der Waals surface area contributed by atoms with E-state index in [-0.39, 0.29) is 17.5 Å². The molecule has 17 heavy (non-hydrogen) atoms. The first-order valence-corrected chi connectivity index (χ1v) is 5.59. The summed E-state index contributed by atoms with van der Waals surface area (Å²) in [5, 5.41) is 12.2. The second-order valence-electron chi connectivity index (χ2n) is 3.85. The molecule has 0 spiro atoms. The summed E-state index contributed by atoms with van der Waals surface area (Å²) in [4.78, 5) is 11.6. The zero-order valence-electron chi connectivity index (χ0n) is 9.70. The van der Waals surface area contributed by atoms with Gasteiger partial charge in [0.05, 0.1) is 0 Å². The second-order valence-corrected chi connectivity index (χ2v) is 4.29. The first kappa shape index (κ1) is 13.3. The third kappa shape index (κ3) is 4.29. The van der Waals surface area contributed by atoms with Crippen molar-refractivity contribution in [1.29, 1.82) is 5.26 Å². The molecule has 0 radical (unpaired) electrons. The molecule has 1 aromatic rings. The summed E-state index contributed by atoms with van der Waals surface area (Å²) < 4.78 is 0. The highest BCUT2D eigenvalue weighted by Crippen LogP contribution is 2.13. The van der Waals surface area contributed by atoms with E-state index in [1.54, 1.807) is 24.3 Å². The van der Waals surface area contributed by atoms with Crippen LogP contribution in [0.1, 0.15) is 19.4 Å². The molecule has 0 saturated carbocycles. The second kappa shape index (κ2) is 6.07. The van der Waals surface area contributed by atoms with Gasteiger partial charge in [-0.1, -0.05) is 23.7 Å². The standard InChI is InChI=1S/C13H13ClN2O/c1-9(2)16-13(17)11(8-15)6-10-4-3-5-12(14)7-10/h3-7,9H,1-2H3,(H,16,17). The van der Waals surface area contributed by atoms with Crippen LogP contribution < -0.4 is 5.32 Å². The Hall–Kier alpha value is -1.79. The molecule has 0 unspecified atom stereocenters. The van der Waals surface area contributed by atoms with Gasteiger partial charge in [0.2, 0.25) is 0 Å². The van der Waals surface area contributed by atoms with E-state index in [1.165, 1.54) is 6.08 Å². The van der Waals surface area contributed by atoms with Crippen molar-refractivity contribution in [2.24, 2.45) is 0 Å². The van der Waals surface area contributed by atoms with Crippen LogP contribution in [0, 0.1) is 11.3 Å². The highest BCUT2D eigenvalue weighted by atomic mass is 35.5. The highest BCUT2D eigenvalue weighted by molar-refractivity contribution is 6.30. The molecular weight excluding hydrogens is 236 g/mol. The van der Waals surface area contributed by atoms with Gasteiger partial charge in [0, 0.05) is 11.1 Å². The first-order valence-electron chi connectivity index (χ1n) is 5.21. The molecule has 0 aromatic heterocycles. The zero-order chi connectivity index (χ0) is 12.8. The van der Waals surface area contributed by atoms with E-state index in [1.807, 2.05) is 19.9 Å². The third-order valence-corrected chi connectivity index (χ3v) is 2.18. The molecule has 1 rings (SSSR count). The van der Waals surface area contributed by atoms with E-state index in [2.05, 4.69) is 5.32 Å². The average molecular weight is 249 g/mol. The van der Waals surface area contributed by atoms with Crippen LogP contribution in [0.15, 0.2) is 29.8 Å². The first-order chi connectivity index (χ1) is 8.02. The van der Waals surface area contributed by atoms with Crippen LogP contribution in [0.3, 0.4) is 0 Å². The summed E-state index contributed by atoms with van der Waals surface area (Å²) in [6.07, 6.45) is 1.52. The van der Waals surface area contributed by atoms with Crippen molar-refractivity contribution in [3.8, 4) is 6.07 Å². The Morgan fingerprint density at radius 1 is 1.53 bits per heavy atom. The molecule has 0 fully saturated rings. The highest BCUT2D eigenvalue weighted by Gasteiger charge is 2.09. The molecule has 0 aliphatic carbocycles. The lowest BCUT2D eigenvalue weighted by atomic mass is 10.1. The number of halogens is 1. The van der Waals surface area contributed by atoms with Crippen LogP contribution in [0.2, 0.25) is 5.02 Å². The molecule has 4 heteroatoms. The van der Waals surface area contributed by atoms with Crippen molar-refractivity contribution < 1.29 is 4.79 Å². The SMILES string of the molecule is CC(C)NC(=O)C(C#N)=Cc1cccc(Cl)c1. The van der Waals surface area contributed by atoms with Crippen LogP contribution in [0.25, 0.3) is 6.08 Å². The van der Waals surface area contributed by atoms with Crippen LogP contribution in [0.4, 0.5) is 0 Å². The van der Waals surface area contributed by atoms with Crippen LogP contribution >= 0.6 is 11.6 Å². The number of carbonyl (C=O) groups is 1. The summed E-state index contributed by atoms with van der Waals surface area (Å²) in [6.45, 7) is 3.68. The number of hydrogen-bond donors (Lipinski definition) is 1. The van der Waals surface area contributed by atoms with Gasteiger partial charge in [-0.15, -0.1) is 0 Å². The maximum Gasteiger partial charge on any atom is 0.262 e. The van der Waals surface area contributed by atoms with Gasteiger partial charge in [-0.05, 0) is 37.6 Å². The molecule has 0 heterocycles. The normalized spacial score (nSPS) is 11.1. The Kier molecular flexibility index (Phi) is 4.74. The predicted molar refractivity (Wildman–Crippen MR) is 68.3 cm³/mol. The van der Waals surface area contributed by atoms with Gasteiger partial charge in [-0.2, -0.15) is 5.26 Å². The fourth-order valence-corrected chi connectivity index (χ4v) is 1.45. The smallest absolute Gasteiger partial charge is 0.262 e. The molecule has 0 aliphatic rings. The lowest BCUT2D eigenvalue weighted by molar-refractivity contribution is -0.117. The molecule has 0 saturated heterocycles. The molecule has 1 amide bonds. The molecule has 1 aromatic carbocycles. The van der Waals surface area contributed by atoms with Crippen LogP contribution in [-0.4, -0.2) is 11.9 Å². The van der Waals surface area contributed by atoms with Gasteiger partial charge in [0.15, 0.2) is 0 Å². The predicted octanol–water partition coefficient (Wildman–Crippen LogP) is 2.77. The molecule has 0 aliphatic heterocycles. The largest absolute Gasteiger partial charge is 0.349 e. The summed E-state index contributed by atoms with van der Waals surface area (Å²) in [5.41, 5.74) is 0.800. The van der Waals surface area contributed by atoms with Gasteiger partial charge in [0.25, 0.3) is 5.91 Å². The number of benzene rings is 1. The number of nitrogens with one attached hydrogen (secondary N) is 1. The average Bonchev–Trinajstić information content (AvgIpc) is 2.24. The van der Waals surface area contributed by atoms with Crippen molar-refractivity contribution in [1.82, 2.24) is 5.32 Å². The maximum absolute atomic E-state index is 11.6. The molecule has 0 atom stereocenters. The lowest BCUT2D eigenvalue weighted by Gasteiger charge is -2.06. The minimum atomic E-state index is -0.373. The van der Waals surface area contributed by atoms with Crippen LogP contribution in [0.5, 0.6) is 0 Å². The van der Waals surface area contributed by atoms with E-state index in [0.29, 0.717) is 5.02 Å². The maximum atomic E-state index is 11.6. The third-order valence-electron chi connectivity index (χ3n) is 1.94. The zero-order valence-corrected chi connectivity index (χ0v) is 10.5. The molecule has 3 nitrogen and oxygen atoms in total. The number of rotatable bonds is 3. The number of nitriles is 1. The fourth-order valence-electron chi connectivity index (χ4n) is 1.25. The Bertz CT molecular complexity index is 486. The number of hydrogen-bond acceptors (Lipinski definition) is 2. The van der Waals surface area contributed by atoms with Gasteiger partial charge < -0.3 is 5.32 Å². The summed E-state index contributed by atoms with van der Waals surface area (Å²) in [6, 6.07) is 8.86. The van der Waals surface area contributed by atoms with Gasteiger partial charge >= 0.3 is 0 Å². The Labute approximate surface area is 106 Å². The minimum absolute atomic E-state index is 0.00129. The van der Waals surface area contributed by atoms with Crippen molar-refractivity contribution in [2.75, 3.05) is 0 Å². The van der Waals surface area contributed by atoms with E-state index in [0.717, 1.165) is 5.56 Å². The van der Waals surface area contributed by atoms with Crippen molar-refractivity contribution in [3.05, 3.63) is 40.4 Å². The van der Waals surface area contributed by atoms with Gasteiger partial charge in [-0.25, -0.2) is 0 Å². The number of amides is 1. The van der Waals surface area contributed by atoms with Crippen molar-refractivity contribution in [3.63, 3.8) is 0 Å². The topological polar surface area (TPSA) is 52.9 Å². The van der Waals surface area contributed by atoms with E-state index >= 15 is 0 Å². The van der Waals surface area contributed by atoms with E-state index < -0.39 is 0 Å². The summed E-state index contributed by atoms with van der Waals surface area (Å²) in [5.74, 6) is -0.373. The van der Waals surface area contributed by atoms with E-state index in [9.17, 15) is 4.79 Å². The monoisotopic (exact) mass is 248 g/mol. The quantitative estimate of drug-likeness (QED) is 0.661. The van der Waals surface area contributed by atoms with Crippen molar-refractivity contribution >= 4 is 23.6 Å². The molecular formula is C13H13ClN2O. The number of nitrogens with zero attached hydrogens (tertiary/aromatic N) is 1. The Balaban J connectivity index is 2.95. The Morgan fingerprint density at radius 2 is 2.24 bits per heavy atom. The molecule has 0 bridgehead atoms. The Morgan fingerprint density at radius 3 is 2.76 bits per heavy atom. The van der Waals surface area contributed by atoms with Crippen molar-refractivity contribution in [2.45, 2.75) is 19.9 Å². The fraction of sp³-hybridized carbons (Fsp3) is 0.231. The van der Waals surface area contributed by atoms with Gasteiger partial charge in [0.1, 0.15) is 11.6 Å². The summed E-state index contributed by atoms with van der Waals surface area (Å²) in [7, 11) is 0. The molecule has 88 valence electrons. The lowest BCUT2D eigenvalue weighted by Crippen LogP contribution is -2.30. The number of carbonyl (C=O) groups excluding carboxylic acids is 1. The van der Waals surface area contributed by atoms with E-state index in [4.69, 9.17) is 16.9 Å². The summed E-state index contributed by atoms with van der Waals surface area (Å²) >= 11 is 5.82.